The van der Waals surface area contributed by atoms with Crippen LogP contribution in [0, 0.1) is 5.92 Å². The molecule has 0 saturated heterocycles. The minimum Gasteiger partial charge on any atom is -0.481 e. The van der Waals surface area contributed by atoms with Gasteiger partial charge in [0.15, 0.2) is 0 Å². The van der Waals surface area contributed by atoms with E-state index in [2.05, 4.69) is 10.6 Å². The molecule has 0 aliphatic carbocycles. The Hall–Kier alpha value is -2.04. The van der Waals surface area contributed by atoms with Crippen LogP contribution in [0.4, 0.5) is 10.5 Å². The summed E-state index contributed by atoms with van der Waals surface area (Å²) in [5.74, 6) is -1.27. The normalized spacial score (nSPS) is 13.7. The van der Waals surface area contributed by atoms with Crippen molar-refractivity contribution in [3.05, 3.63) is 29.8 Å². The molecule has 5 heteroatoms. The highest BCUT2D eigenvalue weighted by atomic mass is 16.4. The van der Waals surface area contributed by atoms with Crippen LogP contribution in [0.2, 0.25) is 0 Å². The number of rotatable bonds is 5. The van der Waals surface area contributed by atoms with E-state index in [4.69, 9.17) is 5.11 Å². The molecule has 0 heterocycles. The van der Waals surface area contributed by atoms with E-state index in [-0.39, 0.29) is 0 Å². The molecule has 0 aromatic heterocycles. The molecule has 1 rings (SSSR count). The Kier molecular flexibility index (Phi) is 5.55. The Morgan fingerprint density at radius 3 is 2.25 bits per heavy atom. The fraction of sp³-hybridized carbons (Fsp3) is 0.467. The van der Waals surface area contributed by atoms with E-state index >= 15 is 0 Å². The van der Waals surface area contributed by atoms with Gasteiger partial charge in [0.05, 0.1) is 5.92 Å². The van der Waals surface area contributed by atoms with Crippen LogP contribution in [0.15, 0.2) is 24.3 Å². The van der Waals surface area contributed by atoms with Gasteiger partial charge in [-0.05, 0) is 31.4 Å². The standard InChI is InChI=1S/C15H22N2O3/c1-9(2)12-7-5-6-8-13(12)17-15(20)16-11(4)10(3)14(18)19/h5-11H,1-4H3,(H,18,19)(H2,16,17,20). The second-order valence-corrected chi connectivity index (χ2v) is 5.26. The predicted octanol–water partition coefficient (Wildman–Crippen LogP) is 3.04. The molecule has 0 radical (unpaired) electrons. The van der Waals surface area contributed by atoms with Crippen LogP contribution in [0.25, 0.3) is 0 Å². The van der Waals surface area contributed by atoms with Gasteiger partial charge >= 0.3 is 12.0 Å². The number of para-hydroxylation sites is 1. The lowest BCUT2D eigenvalue weighted by Gasteiger charge is -2.19. The fourth-order valence-electron chi connectivity index (χ4n) is 1.82. The molecule has 1 aromatic carbocycles. The summed E-state index contributed by atoms with van der Waals surface area (Å²) in [7, 11) is 0. The quantitative estimate of drug-likeness (QED) is 0.774. The van der Waals surface area contributed by atoms with Gasteiger partial charge in [0.2, 0.25) is 0 Å². The summed E-state index contributed by atoms with van der Waals surface area (Å²) in [6.45, 7) is 7.34. The predicted molar refractivity (Wildman–Crippen MR) is 78.9 cm³/mol. The molecule has 1 aromatic rings. The average Bonchev–Trinajstić information content (AvgIpc) is 2.37. The first-order valence-corrected chi connectivity index (χ1v) is 6.72. The molecular weight excluding hydrogens is 256 g/mol. The van der Waals surface area contributed by atoms with Crippen LogP contribution < -0.4 is 10.6 Å². The maximum absolute atomic E-state index is 11.9. The van der Waals surface area contributed by atoms with E-state index in [1.807, 2.05) is 38.1 Å². The van der Waals surface area contributed by atoms with E-state index in [0.717, 1.165) is 11.3 Å². The first kappa shape index (κ1) is 16.0. The van der Waals surface area contributed by atoms with Crippen molar-refractivity contribution < 1.29 is 14.7 Å². The van der Waals surface area contributed by atoms with Crippen molar-refractivity contribution in [2.75, 3.05) is 5.32 Å². The molecule has 2 amide bonds. The van der Waals surface area contributed by atoms with Gasteiger partial charge in [0.25, 0.3) is 0 Å². The molecule has 0 fully saturated rings. The maximum Gasteiger partial charge on any atom is 0.319 e. The fourth-order valence-corrected chi connectivity index (χ4v) is 1.82. The number of hydrogen-bond donors (Lipinski definition) is 3. The van der Waals surface area contributed by atoms with Gasteiger partial charge in [-0.15, -0.1) is 0 Å². The highest BCUT2D eigenvalue weighted by Gasteiger charge is 2.21. The Labute approximate surface area is 119 Å². The monoisotopic (exact) mass is 278 g/mol. The number of benzene rings is 1. The zero-order valence-corrected chi connectivity index (χ0v) is 12.3. The highest BCUT2D eigenvalue weighted by Crippen LogP contribution is 2.23. The smallest absolute Gasteiger partial charge is 0.319 e. The lowest BCUT2D eigenvalue weighted by atomic mass is 10.0. The summed E-state index contributed by atoms with van der Waals surface area (Å²) in [5.41, 5.74) is 1.79. The van der Waals surface area contributed by atoms with E-state index in [1.165, 1.54) is 0 Å². The van der Waals surface area contributed by atoms with Gasteiger partial charge in [0, 0.05) is 11.7 Å². The summed E-state index contributed by atoms with van der Waals surface area (Å²) in [6, 6.07) is 6.74. The minimum absolute atomic E-state index is 0.293. The number of carbonyl (C=O) groups excluding carboxylic acids is 1. The van der Waals surface area contributed by atoms with Crippen molar-refractivity contribution in [1.29, 1.82) is 0 Å². The number of amides is 2. The van der Waals surface area contributed by atoms with Crippen LogP contribution in [0.1, 0.15) is 39.2 Å². The number of urea groups is 1. The topological polar surface area (TPSA) is 78.4 Å². The van der Waals surface area contributed by atoms with Crippen molar-refractivity contribution in [2.45, 2.75) is 39.7 Å². The Bertz CT molecular complexity index is 486. The Balaban J connectivity index is 2.70. The number of anilines is 1. The SMILES string of the molecule is CC(C)c1ccccc1NC(=O)NC(C)C(C)C(=O)O. The number of carboxylic acids is 1. The third-order valence-electron chi connectivity index (χ3n) is 3.33. The van der Waals surface area contributed by atoms with Gasteiger partial charge < -0.3 is 15.7 Å². The number of hydrogen-bond acceptors (Lipinski definition) is 2. The van der Waals surface area contributed by atoms with Crippen molar-refractivity contribution >= 4 is 17.7 Å². The summed E-state index contributed by atoms with van der Waals surface area (Å²) in [5, 5.41) is 14.3. The van der Waals surface area contributed by atoms with Crippen molar-refractivity contribution in [1.82, 2.24) is 5.32 Å². The molecule has 0 bridgehead atoms. The molecule has 0 saturated carbocycles. The van der Waals surface area contributed by atoms with Gasteiger partial charge in [-0.25, -0.2) is 4.79 Å². The molecule has 0 spiro atoms. The molecule has 2 atom stereocenters. The number of nitrogens with one attached hydrogen (secondary N) is 2. The lowest BCUT2D eigenvalue weighted by Crippen LogP contribution is -2.42. The second-order valence-electron chi connectivity index (χ2n) is 5.26. The molecule has 2 unspecified atom stereocenters. The van der Waals surface area contributed by atoms with Crippen molar-refractivity contribution in [3.63, 3.8) is 0 Å². The van der Waals surface area contributed by atoms with Crippen LogP contribution in [-0.4, -0.2) is 23.1 Å². The number of carbonyl (C=O) groups is 2. The molecular formula is C15H22N2O3. The van der Waals surface area contributed by atoms with Gasteiger partial charge in [-0.3, -0.25) is 4.79 Å². The number of carboxylic acid groups (broad SMARTS) is 1. The largest absolute Gasteiger partial charge is 0.481 e. The summed E-state index contributed by atoms with van der Waals surface area (Å²) in [6.07, 6.45) is 0. The van der Waals surface area contributed by atoms with Crippen LogP contribution >= 0.6 is 0 Å². The molecule has 3 N–H and O–H groups in total. The average molecular weight is 278 g/mol. The molecule has 5 nitrogen and oxygen atoms in total. The summed E-state index contributed by atoms with van der Waals surface area (Å²) < 4.78 is 0. The van der Waals surface area contributed by atoms with E-state index in [1.54, 1.807) is 13.8 Å². The summed E-state index contributed by atoms with van der Waals surface area (Å²) in [4.78, 5) is 22.8. The first-order chi connectivity index (χ1) is 9.32. The minimum atomic E-state index is -0.930. The van der Waals surface area contributed by atoms with Crippen LogP contribution in [-0.2, 0) is 4.79 Å². The van der Waals surface area contributed by atoms with Crippen LogP contribution in [0.5, 0.6) is 0 Å². The highest BCUT2D eigenvalue weighted by molar-refractivity contribution is 5.90. The zero-order valence-electron chi connectivity index (χ0n) is 12.3. The molecule has 20 heavy (non-hydrogen) atoms. The third kappa shape index (κ3) is 4.26. The lowest BCUT2D eigenvalue weighted by molar-refractivity contribution is -0.141. The van der Waals surface area contributed by atoms with Gasteiger partial charge in [-0.2, -0.15) is 0 Å². The first-order valence-electron chi connectivity index (χ1n) is 6.72. The van der Waals surface area contributed by atoms with E-state index < -0.39 is 24.0 Å². The Morgan fingerprint density at radius 1 is 1.10 bits per heavy atom. The Morgan fingerprint density at radius 2 is 1.70 bits per heavy atom. The van der Waals surface area contributed by atoms with Crippen molar-refractivity contribution in [2.24, 2.45) is 5.92 Å². The van der Waals surface area contributed by atoms with Gasteiger partial charge in [-0.1, -0.05) is 32.0 Å². The molecule has 110 valence electrons. The van der Waals surface area contributed by atoms with Crippen molar-refractivity contribution in [3.8, 4) is 0 Å². The maximum atomic E-state index is 11.9. The van der Waals surface area contributed by atoms with E-state index in [9.17, 15) is 9.59 Å². The van der Waals surface area contributed by atoms with E-state index in [0.29, 0.717) is 5.92 Å². The second kappa shape index (κ2) is 6.93. The summed E-state index contributed by atoms with van der Waals surface area (Å²) >= 11 is 0. The van der Waals surface area contributed by atoms with Crippen LogP contribution in [0.3, 0.4) is 0 Å². The van der Waals surface area contributed by atoms with Gasteiger partial charge in [0.1, 0.15) is 0 Å². The number of aliphatic carboxylic acids is 1. The molecule has 0 aliphatic rings. The third-order valence-corrected chi connectivity index (χ3v) is 3.33. The molecule has 0 aliphatic heterocycles. The zero-order chi connectivity index (χ0) is 15.3.